The molecule has 0 atom stereocenters. The van der Waals surface area contributed by atoms with E-state index in [4.69, 9.17) is 4.74 Å². The average molecular weight is 190 g/mol. The highest BCUT2D eigenvalue weighted by molar-refractivity contribution is 5.23. The van der Waals surface area contributed by atoms with Gasteiger partial charge in [0, 0.05) is 7.11 Å². The fourth-order valence-corrected chi connectivity index (χ4v) is 2.48. The topological polar surface area (TPSA) is 9.23 Å². The molecular weight excluding hydrogens is 172 g/mol. The maximum Gasteiger partial charge on any atom is 0.0927 e. The molecular formula is C13H18O. The smallest absolute Gasteiger partial charge is 0.0927 e. The summed E-state index contributed by atoms with van der Waals surface area (Å²) in [6.07, 6.45) is 6.30. The summed E-state index contributed by atoms with van der Waals surface area (Å²) in [7, 11) is 1.85. The lowest BCUT2D eigenvalue weighted by atomic mass is 9.79. The standard InChI is InChI=1S/C13H18O/c1-14-13(10-6-3-7-11-13)12-8-4-2-5-9-12/h2,4-5,8-9H,3,6-7,10-11H2,1H3. The van der Waals surface area contributed by atoms with Crippen LogP contribution in [0.2, 0.25) is 0 Å². The van der Waals surface area contributed by atoms with Crippen LogP contribution in [-0.2, 0) is 10.3 Å². The Morgan fingerprint density at radius 2 is 1.64 bits per heavy atom. The van der Waals surface area contributed by atoms with Crippen LogP contribution in [0.15, 0.2) is 30.3 Å². The number of hydrogen-bond acceptors (Lipinski definition) is 1. The number of methoxy groups -OCH3 is 1. The maximum atomic E-state index is 5.76. The molecule has 1 aliphatic rings. The molecule has 76 valence electrons. The number of hydrogen-bond donors (Lipinski definition) is 0. The molecule has 0 radical (unpaired) electrons. The van der Waals surface area contributed by atoms with Gasteiger partial charge < -0.3 is 4.74 Å². The van der Waals surface area contributed by atoms with Crippen molar-refractivity contribution in [3.05, 3.63) is 35.9 Å². The molecule has 0 amide bonds. The zero-order valence-corrected chi connectivity index (χ0v) is 8.83. The van der Waals surface area contributed by atoms with Crippen molar-refractivity contribution in [1.82, 2.24) is 0 Å². The normalized spacial score (nSPS) is 20.6. The van der Waals surface area contributed by atoms with Gasteiger partial charge in [-0.3, -0.25) is 0 Å². The van der Waals surface area contributed by atoms with E-state index in [0.29, 0.717) is 0 Å². The Kier molecular flexibility index (Phi) is 2.87. The molecule has 1 aromatic rings. The summed E-state index contributed by atoms with van der Waals surface area (Å²) in [6.45, 7) is 0. The van der Waals surface area contributed by atoms with Crippen LogP contribution < -0.4 is 0 Å². The molecule has 0 saturated heterocycles. The third kappa shape index (κ3) is 1.69. The fraction of sp³-hybridized carbons (Fsp3) is 0.538. The first kappa shape index (κ1) is 9.72. The fourth-order valence-electron chi connectivity index (χ4n) is 2.48. The van der Waals surface area contributed by atoms with Gasteiger partial charge in [-0.05, 0) is 18.4 Å². The SMILES string of the molecule is COC1(c2ccccc2)CCCCC1. The quantitative estimate of drug-likeness (QED) is 0.693. The highest BCUT2D eigenvalue weighted by Crippen LogP contribution is 2.39. The van der Waals surface area contributed by atoms with E-state index >= 15 is 0 Å². The zero-order chi connectivity index (χ0) is 9.86. The van der Waals surface area contributed by atoms with Crippen LogP contribution in [0, 0.1) is 0 Å². The summed E-state index contributed by atoms with van der Waals surface area (Å²) in [6, 6.07) is 10.6. The molecule has 1 saturated carbocycles. The van der Waals surface area contributed by atoms with Gasteiger partial charge in [-0.1, -0.05) is 49.6 Å². The first-order chi connectivity index (χ1) is 6.87. The number of ether oxygens (including phenoxy) is 1. The summed E-state index contributed by atoms with van der Waals surface area (Å²) in [5, 5.41) is 0. The molecule has 1 aliphatic carbocycles. The maximum absolute atomic E-state index is 5.76. The molecule has 1 heteroatoms. The van der Waals surface area contributed by atoms with Gasteiger partial charge in [0.05, 0.1) is 5.60 Å². The predicted molar refractivity (Wildman–Crippen MR) is 58.2 cm³/mol. The van der Waals surface area contributed by atoms with E-state index in [-0.39, 0.29) is 5.60 Å². The Balaban J connectivity index is 2.27. The van der Waals surface area contributed by atoms with E-state index in [1.165, 1.54) is 37.7 Å². The summed E-state index contributed by atoms with van der Waals surface area (Å²) in [4.78, 5) is 0. The molecule has 0 heterocycles. The third-order valence-corrected chi connectivity index (χ3v) is 3.35. The van der Waals surface area contributed by atoms with E-state index in [2.05, 4.69) is 30.3 Å². The van der Waals surface area contributed by atoms with Crippen LogP contribution in [0.1, 0.15) is 37.7 Å². The van der Waals surface area contributed by atoms with Crippen molar-refractivity contribution in [2.24, 2.45) is 0 Å². The van der Waals surface area contributed by atoms with Crippen molar-refractivity contribution in [2.75, 3.05) is 7.11 Å². The molecule has 0 spiro atoms. The van der Waals surface area contributed by atoms with Crippen LogP contribution >= 0.6 is 0 Å². The van der Waals surface area contributed by atoms with Gasteiger partial charge in [-0.15, -0.1) is 0 Å². The Morgan fingerprint density at radius 1 is 1.00 bits per heavy atom. The summed E-state index contributed by atoms with van der Waals surface area (Å²) >= 11 is 0. The van der Waals surface area contributed by atoms with Crippen molar-refractivity contribution >= 4 is 0 Å². The van der Waals surface area contributed by atoms with Crippen molar-refractivity contribution < 1.29 is 4.74 Å². The molecule has 0 aromatic heterocycles. The van der Waals surface area contributed by atoms with Gasteiger partial charge in [0.2, 0.25) is 0 Å². The van der Waals surface area contributed by atoms with Gasteiger partial charge in [-0.2, -0.15) is 0 Å². The van der Waals surface area contributed by atoms with E-state index in [0.717, 1.165) is 0 Å². The second kappa shape index (κ2) is 4.14. The minimum atomic E-state index is 0.0134. The second-order valence-corrected chi connectivity index (χ2v) is 4.13. The lowest BCUT2D eigenvalue weighted by Gasteiger charge is -2.36. The van der Waals surface area contributed by atoms with Crippen LogP contribution in [0.3, 0.4) is 0 Å². The zero-order valence-electron chi connectivity index (χ0n) is 8.83. The van der Waals surface area contributed by atoms with Crippen molar-refractivity contribution in [2.45, 2.75) is 37.7 Å². The third-order valence-electron chi connectivity index (χ3n) is 3.35. The van der Waals surface area contributed by atoms with Crippen LogP contribution in [0.25, 0.3) is 0 Å². The molecule has 2 rings (SSSR count). The summed E-state index contributed by atoms with van der Waals surface area (Å²) in [5.41, 5.74) is 1.36. The monoisotopic (exact) mass is 190 g/mol. The Morgan fingerprint density at radius 3 is 2.21 bits per heavy atom. The minimum Gasteiger partial charge on any atom is -0.374 e. The average Bonchev–Trinajstić information content (AvgIpc) is 2.31. The largest absolute Gasteiger partial charge is 0.374 e. The minimum absolute atomic E-state index is 0.0134. The number of benzene rings is 1. The molecule has 1 aromatic carbocycles. The van der Waals surface area contributed by atoms with Gasteiger partial charge >= 0.3 is 0 Å². The first-order valence-electron chi connectivity index (χ1n) is 5.48. The van der Waals surface area contributed by atoms with Crippen molar-refractivity contribution in [3.8, 4) is 0 Å². The summed E-state index contributed by atoms with van der Waals surface area (Å²) < 4.78 is 5.76. The van der Waals surface area contributed by atoms with E-state index < -0.39 is 0 Å². The molecule has 14 heavy (non-hydrogen) atoms. The molecule has 0 unspecified atom stereocenters. The summed E-state index contributed by atoms with van der Waals surface area (Å²) in [5.74, 6) is 0. The lowest BCUT2D eigenvalue weighted by molar-refractivity contribution is -0.0445. The molecule has 1 fully saturated rings. The Labute approximate surface area is 86.1 Å². The molecule has 0 bridgehead atoms. The van der Waals surface area contributed by atoms with E-state index in [1.54, 1.807) is 0 Å². The van der Waals surface area contributed by atoms with E-state index in [9.17, 15) is 0 Å². The molecule has 0 aliphatic heterocycles. The van der Waals surface area contributed by atoms with E-state index in [1.807, 2.05) is 7.11 Å². The highest BCUT2D eigenvalue weighted by Gasteiger charge is 2.33. The highest BCUT2D eigenvalue weighted by atomic mass is 16.5. The van der Waals surface area contributed by atoms with Gasteiger partial charge in [0.1, 0.15) is 0 Å². The van der Waals surface area contributed by atoms with Crippen molar-refractivity contribution in [1.29, 1.82) is 0 Å². The van der Waals surface area contributed by atoms with Gasteiger partial charge in [0.15, 0.2) is 0 Å². The Bertz CT molecular complexity index is 273. The number of rotatable bonds is 2. The van der Waals surface area contributed by atoms with Crippen LogP contribution in [-0.4, -0.2) is 7.11 Å². The Hall–Kier alpha value is -0.820. The molecule has 1 nitrogen and oxygen atoms in total. The predicted octanol–water partition coefficient (Wildman–Crippen LogP) is 3.49. The van der Waals surface area contributed by atoms with Gasteiger partial charge in [-0.25, -0.2) is 0 Å². The van der Waals surface area contributed by atoms with Gasteiger partial charge in [0.25, 0.3) is 0 Å². The van der Waals surface area contributed by atoms with Crippen LogP contribution in [0.5, 0.6) is 0 Å². The lowest BCUT2D eigenvalue weighted by Crippen LogP contribution is -2.30. The first-order valence-corrected chi connectivity index (χ1v) is 5.48. The molecule has 0 N–H and O–H groups in total. The van der Waals surface area contributed by atoms with Crippen LogP contribution in [0.4, 0.5) is 0 Å². The van der Waals surface area contributed by atoms with Crippen molar-refractivity contribution in [3.63, 3.8) is 0 Å². The second-order valence-electron chi connectivity index (χ2n) is 4.13.